The fourth-order valence-corrected chi connectivity index (χ4v) is 2.47. The summed E-state index contributed by atoms with van der Waals surface area (Å²) in [6.07, 6.45) is 2.41. The van der Waals surface area contributed by atoms with Crippen molar-refractivity contribution >= 4 is 5.96 Å². The van der Waals surface area contributed by atoms with Crippen molar-refractivity contribution in [1.29, 1.82) is 0 Å². The third-order valence-electron chi connectivity index (χ3n) is 4.25. The molecule has 25 heavy (non-hydrogen) atoms. The fourth-order valence-electron chi connectivity index (χ4n) is 2.47. The molecule has 1 aliphatic rings. The van der Waals surface area contributed by atoms with E-state index in [0.717, 1.165) is 37.1 Å². The normalized spacial score (nSPS) is 15.9. The minimum Gasteiger partial charge on any atom is -0.379 e. The molecule has 2 rings (SSSR count). The van der Waals surface area contributed by atoms with E-state index in [0.29, 0.717) is 13.2 Å². The molecule has 5 nitrogen and oxygen atoms in total. The Bertz CT molecular complexity index is 532. The molecule has 6 heteroatoms. The highest BCUT2D eigenvalue weighted by atomic mass is 19.1. The first-order valence-corrected chi connectivity index (χ1v) is 8.99. The van der Waals surface area contributed by atoms with Gasteiger partial charge in [0.05, 0.1) is 13.2 Å². The smallest absolute Gasteiger partial charge is 0.193 e. The zero-order valence-electron chi connectivity index (χ0n) is 15.5. The molecule has 1 saturated carbocycles. The molecule has 0 heterocycles. The Morgan fingerprint density at radius 3 is 2.68 bits per heavy atom. The van der Waals surface area contributed by atoms with Crippen LogP contribution in [-0.4, -0.2) is 57.9 Å². The predicted molar refractivity (Wildman–Crippen MR) is 98.3 cm³/mol. The maximum absolute atomic E-state index is 13.1. The lowest BCUT2D eigenvalue weighted by Gasteiger charge is -2.23. The van der Waals surface area contributed by atoms with Gasteiger partial charge < -0.3 is 19.7 Å². The number of halogens is 1. The van der Waals surface area contributed by atoms with Crippen molar-refractivity contribution in [3.05, 3.63) is 35.6 Å². The molecule has 1 aliphatic carbocycles. The number of methoxy groups -OCH3 is 1. The minimum absolute atomic E-state index is 0.200. The van der Waals surface area contributed by atoms with Gasteiger partial charge in [-0.15, -0.1) is 0 Å². The Balaban J connectivity index is 1.87. The van der Waals surface area contributed by atoms with Gasteiger partial charge >= 0.3 is 0 Å². The SMILES string of the molecule is CCNC(=NCC(OC)c1ccc(F)cc1)N(C)CCOCC1CC1. The topological polar surface area (TPSA) is 46.1 Å². The molecule has 0 spiro atoms. The van der Waals surface area contributed by atoms with Crippen LogP contribution in [0.2, 0.25) is 0 Å². The highest BCUT2D eigenvalue weighted by Gasteiger charge is 2.21. The molecule has 1 unspecified atom stereocenters. The average molecular weight is 351 g/mol. The molecule has 0 amide bonds. The first-order chi connectivity index (χ1) is 12.1. The molecular weight excluding hydrogens is 321 g/mol. The van der Waals surface area contributed by atoms with Crippen molar-refractivity contribution in [2.75, 3.05) is 47.0 Å². The second kappa shape index (κ2) is 10.4. The molecule has 0 aliphatic heterocycles. The third-order valence-corrected chi connectivity index (χ3v) is 4.25. The number of nitrogens with one attached hydrogen (secondary N) is 1. The quantitative estimate of drug-likeness (QED) is 0.400. The summed E-state index contributed by atoms with van der Waals surface area (Å²) in [6, 6.07) is 6.36. The van der Waals surface area contributed by atoms with E-state index in [-0.39, 0.29) is 11.9 Å². The van der Waals surface area contributed by atoms with Crippen molar-refractivity contribution in [3.8, 4) is 0 Å². The molecule has 1 atom stereocenters. The van der Waals surface area contributed by atoms with Gasteiger partial charge in [-0.05, 0) is 43.4 Å². The summed E-state index contributed by atoms with van der Waals surface area (Å²) in [4.78, 5) is 6.73. The minimum atomic E-state index is -0.249. The molecule has 0 aromatic heterocycles. The van der Waals surface area contributed by atoms with Crippen LogP contribution in [0.4, 0.5) is 4.39 Å². The van der Waals surface area contributed by atoms with E-state index in [1.165, 1.54) is 25.0 Å². The summed E-state index contributed by atoms with van der Waals surface area (Å²) in [5.41, 5.74) is 0.916. The van der Waals surface area contributed by atoms with Gasteiger partial charge in [-0.2, -0.15) is 0 Å². The summed E-state index contributed by atoms with van der Waals surface area (Å²) in [6.45, 7) is 5.66. The lowest BCUT2D eigenvalue weighted by molar-refractivity contribution is 0.109. The lowest BCUT2D eigenvalue weighted by Crippen LogP contribution is -2.41. The number of ether oxygens (including phenoxy) is 2. The maximum atomic E-state index is 13.1. The second-order valence-corrected chi connectivity index (χ2v) is 6.41. The van der Waals surface area contributed by atoms with Crippen LogP contribution in [0.3, 0.4) is 0 Å². The van der Waals surface area contributed by atoms with Gasteiger partial charge in [-0.25, -0.2) is 4.39 Å². The average Bonchev–Trinajstić information content (AvgIpc) is 3.44. The van der Waals surface area contributed by atoms with Gasteiger partial charge in [0.25, 0.3) is 0 Å². The molecule has 1 aromatic carbocycles. The van der Waals surface area contributed by atoms with Crippen LogP contribution in [-0.2, 0) is 9.47 Å². The molecule has 1 fully saturated rings. The highest BCUT2D eigenvalue weighted by Crippen LogP contribution is 2.28. The molecule has 0 saturated heterocycles. The van der Waals surface area contributed by atoms with Gasteiger partial charge in [0.1, 0.15) is 11.9 Å². The van der Waals surface area contributed by atoms with E-state index in [1.807, 2.05) is 14.0 Å². The Morgan fingerprint density at radius 1 is 1.36 bits per heavy atom. The van der Waals surface area contributed by atoms with Crippen molar-refractivity contribution in [3.63, 3.8) is 0 Å². The third kappa shape index (κ3) is 7.00. The first kappa shape index (κ1) is 19.7. The van der Waals surface area contributed by atoms with E-state index in [9.17, 15) is 4.39 Å². The van der Waals surface area contributed by atoms with Crippen molar-refractivity contribution in [1.82, 2.24) is 10.2 Å². The summed E-state index contributed by atoms with van der Waals surface area (Å²) in [7, 11) is 3.65. The number of hydrogen-bond donors (Lipinski definition) is 1. The number of aliphatic imine (C=N–C) groups is 1. The number of benzene rings is 1. The van der Waals surface area contributed by atoms with E-state index in [2.05, 4.69) is 15.2 Å². The molecule has 1 N–H and O–H groups in total. The zero-order chi connectivity index (χ0) is 18.1. The van der Waals surface area contributed by atoms with Crippen LogP contribution in [0.1, 0.15) is 31.4 Å². The van der Waals surface area contributed by atoms with Crippen molar-refractivity contribution in [2.24, 2.45) is 10.9 Å². The Hall–Kier alpha value is -1.66. The summed E-state index contributed by atoms with van der Waals surface area (Å²) in [5, 5.41) is 3.29. The molecule has 140 valence electrons. The lowest BCUT2D eigenvalue weighted by atomic mass is 10.1. The second-order valence-electron chi connectivity index (χ2n) is 6.41. The summed E-state index contributed by atoms with van der Waals surface area (Å²) < 4.78 is 24.3. The van der Waals surface area contributed by atoms with Crippen LogP contribution in [0.5, 0.6) is 0 Å². The monoisotopic (exact) mass is 351 g/mol. The zero-order valence-corrected chi connectivity index (χ0v) is 15.5. The number of guanidine groups is 1. The maximum Gasteiger partial charge on any atom is 0.193 e. The summed E-state index contributed by atoms with van der Waals surface area (Å²) >= 11 is 0. The standard InChI is InChI=1S/C19H30FN3O2/c1-4-21-19(23(2)11-12-25-14-15-5-6-15)22-13-18(24-3)16-7-9-17(20)10-8-16/h7-10,15,18H,4-6,11-14H2,1-3H3,(H,21,22). The van der Waals surface area contributed by atoms with Gasteiger partial charge in [0, 0.05) is 33.9 Å². The van der Waals surface area contributed by atoms with Crippen molar-refractivity contribution in [2.45, 2.75) is 25.9 Å². The van der Waals surface area contributed by atoms with E-state index >= 15 is 0 Å². The van der Waals surface area contributed by atoms with Crippen LogP contribution in [0.15, 0.2) is 29.3 Å². The Kier molecular flexibility index (Phi) is 8.15. The number of hydrogen-bond acceptors (Lipinski definition) is 3. The molecule has 1 aromatic rings. The number of nitrogens with zero attached hydrogens (tertiary/aromatic N) is 2. The molecule has 0 bridgehead atoms. The number of rotatable bonds is 10. The molecular formula is C19H30FN3O2. The van der Waals surface area contributed by atoms with Crippen LogP contribution in [0.25, 0.3) is 0 Å². The van der Waals surface area contributed by atoms with Crippen LogP contribution in [0, 0.1) is 11.7 Å². The van der Waals surface area contributed by atoms with E-state index in [1.54, 1.807) is 19.2 Å². The van der Waals surface area contributed by atoms with Gasteiger partial charge in [-0.3, -0.25) is 4.99 Å². The Labute approximate surface area is 150 Å². The Morgan fingerprint density at radius 2 is 2.08 bits per heavy atom. The molecule has 0 radical (unpaired) electrons. The van der Waals surface area contributed by atoms with Gasteiger partial charge in [0.15, 0.2) is 5.96 Å². The van der Waals surface area contributed by atoms with Crippen molar-refractivity contribution < 1.29 is 13.9 Å². The first-order valence-electron chi connectivity index (χ1n) is 8.99. The van der Waals surface area contributed by atoms with Crippen LogP contribution < -0.4 is 5.32 Å². The van der Waals surface area contributed by atoms with E-state index in [4.69, 9.17) is 9.47 Å². The van der Waals surface area contributed by atoms with Gasteiger partial charge in [0.2, 0.25) is 0 Å². The summed E-state index contributed by atoms with van der Waals surface area (Å²) in [5.74, 6) is 1.36. The van der Waals surface area contributed by atoms with Gasteiger partial charge in [-0.1, -0.05) is 12.1 Å². The highest BCUT2D eigenvalue weighted by molar-refractivity contribution is 5.79. The van der Waals surface area contributed by atoms with E-state index < -0.39 is 0 Å². The fraction of sp³-hybridized carbons (Fsp3) is 0.632. The number of likely N-dealkylation sites (N-methyl/N-ethyl adjacent to an activating group) is 1. The largest absolute Gasteiger partial charge is 0.379 e. The van der Waals surface area contributed by atoms with Crippen LogP contribution >= 0.6 is 0 Å². The predicted octanol–water partition coefficient (Wildman–Crippen LogP) is 2.84.